The van der Waals surface area contributed by atoms with Crippen LogP contribution in [0, 0.1) is 0 Å². The number of rotatable bonds is 4. The monoisotopic (exact) mass is 444 g/mol. The van der Waals surface area contributed by atoms with Crippen molar-refractivity contribution in [2.45, 2.75) is 12.4 Å². The Morgan fingerprint density at radius 1 is 0.935 bits per heavy atom. The van der Waals surface area contributed by atoms with E-state index in [-0.39, 0.29) is 33.4 Å². The lowest BCUT2D eigenvalue weighted by Gasteiger charge is -2.11. The number of aromatic nitrogens is 3. The van der Waals surface area contributed by atoms with Crippen LogP contribution in [0.25, 0.3) is 5.69 Å². The molecule has 1 amide bonds. The van der Waals surface area contributed by atoms with Gasteiger partial charge in [-0.15, -0.1) is 0 Å². The zero-order valence-corrected chi connectivity index (χ0v) is 15.0. The molecule has 31 heavy (non-hydrogen) atoms. The highest BCUT2D eigenvalue weighted by atomic mass is 19.4. The number of pyridine rings is 1. The maximum atomic E-state index is 13.1. The zero-order valence-electron chi connectivity index (χ0n) is 15.0. The lowest BCUT2D eigenvalue weighted by Crippen LogP contribution is -2.15. The van der Waals surface area contributed by atoms with Crippen LogP contribution in [0.1, 0.15) is 32.2 Å². The van der Waals surface area contributed by atoms with Crippen molar-refractivity contribution in [3.8, 4) is 5.69 Å². The summed E-state index contributed by atoms with van der Waals surface area (Å²) in [7, 11) is 0. The quantitative estimate of drug-likeness (QED) is 0.587. The smallest absolute Gasteiger partial charge is 0.435 e. The molecule has 2 aromatic heterocycles. The number of nitrogens with zero attached hydrogens (tertiary/aromatic N) is 3. The number of anilines is 1. The van der Waals surface area contributed by atoms with Gasteiger partial charge in [0, 0.05) is 18.0 Å². The number of amides is 1. The van der Waals surface area contributed by atoms with E-state index in [1.165, 1.54) is 0 Å². The predicted octanol–water partition coefficient (Wildman–Crippen LogP) is 4.26. The van der Waals surface area contributed by atoms with Crippen molar-refractivity contribution in [3.05, 3.63) is 71.3 Å². The number of halogens is 6. The molecule has 2 N–H and O–H groups in total. The molecule has 0 bridgehead atoms. The van der Waals surface area contributed by atoms with Gasteiger partial charge in [0.1, 0.15) is 11.4 Å². The van der Waals surface area contributed by atoms with E-state index < -0.39 is 35.6 Å². The predicted molar refractivity (Wildman–Crippen MR) is 92.7 cm³/mol. The molecule has 0 saturated heterocycles. The van der Waals surface area contributed by atoms with Crippen molar-refractivity contribution < 1.29 is 41.0 Å². The van der Waals surface area contributed by atoms with E-state index in [4.69, 9.17) is 5.11 Å². The molecule has 3 rings (SSSR count). The van der Waals surface area contributed by atoms with Crippen molar-refractivity contribution in [1.29, 1.82) is 0 Å². The van der Waals surface area contributed by atoms with Crippen molar-refractivity contribution in [2.24, 2.45) is 0 Å². The van der Waals surface area contributed by atoms with Gasteiger partial charge in [0.15, 0.2) is 5.69 Å². The van der Waals surface area contributed by atoms with Gasteiger partial charge in [-0.2, -0.15) is 31.4 Å². The summed E-state index contributed by atoms with van der Waals surface area (Å²) < 4.78 is 77.9. The fourth-order valence-corrected chi connectivity index (χ4v) is 2.45. The van der Waals surface area contributed by atoms with Crippen LogP contribution in [-0.4, -0.2) is 31.7 Å². The number of carbonyl (C=O) groups excluding carboxylic acids is 1. The summed E-state index contributed by atoms with van der Waals surface area (Å²) in [4.78, 5) is 26.6. The molecule has 0 fully saturated rings. The third-order valence-corrected chi connectivity index (χ3v) is 3.90. The Balaban J connectivity index is 1.84. The Hall–Kier alpha value is -3.90. The largest absolute Gasteiger partial charge is 0.478 e. The number of hydrogen-bond donors (Lipinski definition) is 2. The van der Waals surface area contributed by atoms with E-state index in [1.54, 1.807) is 0 Å². The summed E-state index contributed by atoms with van der Waals surface area (Å²) in [5.41, 5.74) is -3.79. The van der Waals surface area contributed by atoms with Crippen molar-refractivity contribution in [2.75, 3.05) is 5.32 Å². The van der Waals surface area contributed by atoms with Gasteiger partial charge in [-0.3, -0.25) is 9.78 Å². The molecule has 0 atom stereocenters. The minimum atomic E-state index is -5.09. The number of hydrogen-bond acceptors (Lipinski definition) is 4. The first-order valence-corrected chi connectivity index (χ1v) is 8.22. The third-order valence-electron chi connectivity index (χ3n) is 3.90. The highest BCUT2D eigenvalue weighted by Crippen LogP contribution is 2.36. The normalized spacial score (nSPS) is 11.9. The Bertz CT molecular complexity index is 1120. The molecule has 0 aliphatic rings. The molecule has 0 aliphatic carbocycles. The van der Waals surface area contributed by atoms with Crippen LogP contribution < -0.4 is 5.32 Å². The molecule has 162 valence electrons. The maximum absolute atomic E-state index is 13.1. The molecule has 0 radical (unpaired) electrons. The van der Waals surface area contributed by atoms with Crippen LogP contribution in [-0.2, 0) is 12.4 Å². The van der Waals surface area contributed by atoms with Crippen LogP contribution in [0.3, 0.4) is 0 Å². The number of carboxylic acid groups (broad SMARTS) is 1. The molecule has 0 saturated carbocycles. The number of carbonyl (C=O) groups is 2. The highest BCUT2D eigenvalue weighted by Gasteiger charge is 2.42. The van der Waals surface area contributed by atoms with Gasteiger partial charge in [-0.05, 0) is 36.4 Å². The van der Waals surface area contributed by atoms with Gasteiger partial charge in [0.05, 0.1) is 11.3 Å². The lowest BCUT2D eigenvalue weighted by molar-refractivity contribution is -0.143. The fraction of sp³-hybridized carbons (Fsp3) is 0.111. The highest BCUT2D eigenvalue weighted by molar-refractivity contribution is 6.03. The first kappa shape index (κ1) is 21.8. The summed E-state index contributed by atoms with van der Waals surface area (Å²) in [5, 5.41) is 14.2. The standard InChI is InChI=1S/C18H10F6N4O3/c19-17(20,21)13-7-14(18(22,23)24)28(27-13)11-4-2-10(3-5-11)26-15(29)12-6-1-9(8-25-12)16(30)31/h1-8H,(H,26,29)(H,30,31). The van der Waals surface area contributed by atoms with E-state index in [0.717, 1.165) is 42.6 Å². The van der Waals surface area contributed by atoms with Gasteiger partial charge >= 0.3 is 18.3 Å². The van der Waals surface area contributed by atoms with Crippen LogP contribution in [0.4, 0.5) is 32.0 Å². The van der Waals surface area contributed by atoms with E-state index in [1.807, 2.05) is 0 Å². The molecule has 0 aliphatic heterocycles. The summed E-state index contributed by atoms with van der Waals surface area (Å²) in [6.45, 7) is 0. The van der Waals surface area contributed by atoms with E-state index in [2.05, 4.69) is 15.4 Å². The molecule has 3 aromatic rings. The van der Waals surface area contributed by atoms with E-state index in [0.29, 0.717) is 0 Å². The first-order valence-electron chi connectivity index (χ1n) is 8.22. The van der Waals surface area contributed by atoms with Gasteiger partial charge in [-0.1, -0.05) is 0 Å². The van der Waals surface area contributed by atoms with Crippen LogP contribution in [0.5, 0.6) is 0 Å². The summed E-state index contributed by atoms with van der Waals surface area (Å²) in [6, 6.07) is 6.62. The van der Waals surface area contributed by atoms with Gasteiger partial charge in [-0.25, -0.2) is 9.48 Å². The van der Waals surface area contributed by atoms with Crippen molar-refractivity contribution in [3.63, 3.8) is 0 Å². The summed E-state index contributed by atoms with van der Waals surface area (Å²) in [6.07, 6.45) is -9.19. The number of alkyl halides is 6. The summed E-state index contributed by atoms with van der Waals surface area (Å²) in [5.74, 6) is -1.97. The number of carboxylic acids is 1. The number of aromatic carboxylic acids is 1. The second-order valence-corrected chi connectivity index (χ2v) is 6.06. The minimum Gasteiger partial charge on any atom is -0.478 e. The van der Waals surface area contributed by atoms with E-state index in [9.17, 15) is 35.9 Å². The van der Waals surface area contributed by atoms with Crippen molar-refractivity contribution in [1.82, 2.24) is 14.8 Å². The number of nitrogens with one attached hydrogen (secondary N) is 1. The fourth-order valence-electron chi connectivity index (χ4n) is 2.45. The van der Waals surface area contributed by atoms with E-state index >= 15 is 0 Å². The lowest BCUT2D eigenvalue weighted by atomic mass is 10.2. The average Bonchev–Trinajstić information content (AvgIpc) is 3.15. The molecule has 0 unspecified atom stereocenters. The Morgan fingerprint density at radius 3 is 2.06 bits per heavy atom. The SMILES string of the molecule is O=C(O)c1ccc(C(=O)Nc2ccc(-n3nc(C(F)(F)F)cc3C(F)(F)F)cc2)nc1. The average molecular weight is 444 g/mol. The van der Waals surface area contributed by atoms with Gasteiger partial charge in [0.25, 0.3) is 5.91 Å². The van der Waals surface area contributed by atoms with Crippen molar-refractivity contribution >= 4 is 17.6 Å². The van der Waals surface area contributed by atoms with Gasteiger partial charge < -0.3 is 10.4 Å². The molecule has 0 spiro atoms. The second kappa shape index (κ2) is 7.74. The number of benzene rings is 1. The maximum Gasteiger partial charge on any atom is 0.435 e. The second-order valence-electron chi connectivity index (χ2n) is 6.06. The van der Waals surface area contributed by atoms with Crippen LogP contribution >= 0.6 is 0 Å². The molecule has 1 aromatic carbocycles. The van der Waals surface area contributed by atoms with Gasteiger partial charge in [0.2, 0.25) is 0 Å². The molecule has 13 heteroatoms. The molecule has 2 heterocycles. The molecular weight excluding hydrogens is 434 g/mol. The zero-order chi connectivity index (χ0) is 23.0. The minimum absolute atomic E-state index is 0.0951. The van der Waals surface area contributed by atoms with Crippen LogP contribution in [0.2, 0.25) is 0 Å². The molecular formula is C18H10F6N4O3. The third kappa shape index (κ3) is 4.82. The van der Waals surface area contributed by atoms with Crippen LogP contribution in [0.15, 0.2) is 48.7 Å². The Morgan fingerprint density at radius 2 is 1.58 bits per heavy atom. The Labute approximate surface area is 168 Å². The summed E-state index contributed by atoms with van der Waals surface area (Å²) >= 11 is 0. The topological polar surface area (TPSA) is 97.1 Å². The first-order chi connectivity index (χ1) is 14.4. The molecule has 7 nitrogen and oxygen atoms in total. The Kier molecular flexibility index (Phi) is 5.44.